The van der Waals surface area contributed by atoms with Crippen molar-refractivity contribution in [3.05, 3.63) is 48.1 Å². The minimum atomic E-state index is -0.188. The van der Waals surface area contributed by atoms with Crippen LogP contribution in [0.1, 0.15) is 30.8 Å². The summed E-state index contributed by atoms with van der Waals surface area (Å²) in [6, 6.07) is 7.75. The number of nitrogens with zero attached hydrogens (tertiary/aromatic N) is 4. The van der Waals surface area contributed by atoms with Crippen LogP contribution in [0.3, 0.4) is 0 Å². The molecule has 1 atom stereocenters. The van der Waals surface area contributed by atoms with Gasteiger partial charge in [-0.05, 0) is 36.6 Å². The van der Waals surface area contributed by atoms with Crippen molar-refractivity contribution in [1.29, 1.82) is 0 Å². The Morgan fingerprint density at radius 3 is 2.64 bits per heavy atom. The standard InChI is InChI=1S/C18H23N5O2/c1-13(17-21-19-12-22(17)2)20-18(24)23-10-8-15(9-11-23)14-4-6-16(25-3)7-5-14/h4-8,12-13H,9-11H2,1-3H3,(H,20,24). The number of carbonyl (C=O) groups excluding carboxylic acids is 1. The number of methoxy groups -OCH3 is 1. The first-order valence-corrected chi connectivity index (χ1v) is 8.31. The van der Waals surface area contributed by atoms with Crippen LogP contribution in [0.25, 0.3) is 5.57 Å². The van der Waals surface area contributed by atoms with Crippen LogP contribution in [0.5, 0.6) is 5.75 Å². The lowest BCUT2D eigenvalue weighted by atomic mass is 9.99. The molecule has 0 fully saturated rings. The molecule has 0 saturated heterocycles. The number of carbonyl (C=O) groups is 1. The number of ether oxygens (including phenoxy) is 1. The molecule has 0 saturated carbocycles. The summed E-state index contributed by atoms with van der Waals surface area (Å²) >= 11 is 0. The first kappa shape index (κ1) is 17.0. The number of rotatable bonds is 4. The summed E-state index contributed by atoms with van der Waals surface area (Å²) in [4.78, 5) is 14.3. The zero-order valence-electron chi connectivity index (χ0n) is 14.8. The van der Waals surface area contributed by atoms with Gasteiger partial charge < -0.3 is 19.5 Å². The van der Waals surface area contributed by atoms with Crippen LogP contribution in [-0.2, 0) is 7.05 Å². The van der Waals surface area contributed by atoms with Crippen LogP contribution in [0.15, 0.2) is 36.7 Å². The summed E-state index contributed by atoms with van der Waals surface area (Å²) in [5.41, 5.74) is 2.43. The second kappa shape index (κ2) is 7.38. The zero-order chi connectivity index (χ0) is 17.8. The van der Waals surface area contributed by atoms with Crippen molar-refractivity contribution < 1.29 is 9.53 Å². The van der Waals surface area contributed by atoms with Gasteiger partial charge in [-0.25, -0.2) is 4.79 Å². The predicted molar refractivity (Wildman–Crippen MR) is 95.1 cm³/mol. The van der Waals surface area contributed by atoms with Gasteiger partial charge in [0, 0.05) is 20.1 Å². The van der Waals surface area contributed by atoms with Gasteiger partial charge in [0.2, 0.25) is 0 Å². The SMILES string of the molecule is COc1ccc(C2=CCN(C(=O)NC(C)c3nncn3C)CC2)cc1. The Kier molecular flexibility index (Phi) is 5.02. The Balaban J connectivity index is 1.59. The van der Waals surface area contributed by atoms with Crippen LogP contribution in [-0.4, -0.2) is 45.9 Å². The fourth-order valence-corrected chi connectivity index (χ4v) is 2.95. The van der Waals surface area contributed by atoms with Gasteiger partial charge in [-0.3, -0.25) is 0 Å². The maximum atomic E-state index is 12.5. The van der Waals surface area contributed by atoms with Crippen LogP contribution in [0.2, 0.25) is 0 Å². The summed E-state index contributed by atoms with van der Waals surface area (Å²) < 4.78 is 7.00. The third-order valence-corrected chi connectivity index (χ3v) is 4.43. The Morgan fingerprint density at radius 1 is 1.32 bits per heavy atom. The first-order valence-electron chi connectivity index (χ1n) is 8.31. The van der Waals surface area contributed by atoms with Gasteiger partial charge in [0.15, 0.2) is 5.82 Å². The highest BCUT2D eigenvalue weighted by molar-refractivity contribution is 5.77. The van der Waals surface area contributed by atoms with Gasteiger partial charge in [0.25, 0.3) is 0 Å². The molecule has 2 heterocycles. The quantitative estimate of drug-likeness (QED) is 0.927. The molecule has 1 unspecified atom stereocenters. The molecule has 7 nitrogen and oxygen atoms in total. The second-order valence-electron chi connectivity index (χ2n) is 6.13. The Hall–Kier alpha value is -2.83. The van der Waals surface area contributed by atoms with Crippen LogP contribution in [0, 0.1) is 0 Å². The first-order chi connectivity index (χ1) is 12.1. The van der Waals surface area contributed by atoms with Crippen molar-refractivity contribution in [2.45, 2.75) is 19.4 Å². The topological polar surface area (TPSA) is 72.3 Å². The Labute approximate surface area is 147 Å². The van der Waals surface area contributed by atoms with E-state index in [1.807, 2.05) is 30.7 Å². The van der Waals surface area contributed by atoms with Gasteiger partial charge in [0.1, 0.15) is 12.1 Å². The molecule has 1 aromatic carbocycles. The summed E-state index contributed by atoms with van der Waals surface area (Å²) in [5, 5.41) is 10.9. The van der Waals surface area contributed by atoms with Crippen molar-refractivity contribution in [2.75, 3.05) is 20.2 Å². The number of aryl methyl sites for hydroxylation is 1. The lowest BCUT2D eigenvalue weighted by Crippen LogP contribution is -2.43. The average Bonchev–Trinajstić information content (AvgIpc) is 3.08. The van der Waals surface area contributed by atoms with E-state index in [9.17, 15) is 4.79 Å². The molecule has 0 radical (unpaired) electrons. The number of nitrogens with one attached hydrogen (secondary N) is 1. The number of amides is 2. The molecule has 25 heavy (non-hydrogen) atoms. The molecule has 7 heteroatoms. The molecule has 0 aliphatic carbocycles. The van der Waals surface area contributed by atoms with E-state index in [1.165, 1.54) is 11.1 Å². The molecule has 132 valence electrons. The number of hydrogen-bond donors (Lipinski definition) is 1. The smallest absolute Gasteiger partial charge is 0.318 e. The molecule has 1 aliphatic rings. The van der Waals surface area contributed by atoms with Crippen LogP contribution >= 0.6 is 0 Å². The monoisotopic (exact) mass is 341 g/mol. The molecule has 1 aliphatic heterocycles. The van der Waals surface area contributed by atoms with Crippen molar-refractivity contribution in [2.24, 2.45) is 7.05 Å². The number of aromatic nitrogens is 3. The summed E-state index contributed by atoms with van der Waals surface area (Å²) in [6.45, 7) is 3.19. The van der Waals surface area contributed by atoms with Crippen molar-refractivity contribution in [3.63, 3.8) is 0 Å². The third kappa shape index (κ3) is 3.81. The number of hydrogen-bond acceptors (Lipinski definition) is 4. The van der Waals surface area contributed by atoms with Crippen LogP contribution < -0.4 is 10.1 Å². The molecule has 2 amide bonds. The maximum absolute atomic E-state index is 12.5. The number of benzene rings is 1. The minimum absolute atomic E-state index is 0.0828. The highest BCUT2D eigenvalue weighted by Gasteiger charge is 2.21. The molecule has 0 spiro atoms. The third-order valence-electron chi connectivity index (χ3n) is 4.43. The van der Waals surface area contributed by atoms with E-state index < -0.39 is 0 Å². The van der Waals surface area contributed by atoms with E-state index in [4.69, 9.17) is 4.74 Å². The van der Waals surface area contributed by atoms with E-state index in [0.29, 0.717) is 13.1 Å². The molecule has 1 N–H and O–H groups in total. The second-order valence-corrected chi connectivity index (χ2v) is 6.13. The van der Waals surface area contributed by atoms with Gasteiger partial charge >= 0.3 is 6.03 Å². The molecular formula is C18H23N5O2. The largest absolute Gasteiger partial charge is 0.497 e. The fourth-order valence-electron chi connectivity index (χ4n) is 2.95. The number of urea groups is 1. The Morgan fingerprint density at radius 2 is 2.08 bits per heavy atom. The molecule has 0 bridgehead atoms. The fraction of sp³-hybridized carbons (Fsp3) is 0.389. The van der Waals surface area contributed by atoms with E-state index in [-0.39, 0.29) is 12.1 Å². The summed E-state index contributed by atoms with van der Waals surface area (Å²) in [6.07, 6.45) is 4.57. The molecule has 1 aromatic heterocycles. The molecular weight excluding hydrogens is 318 g/mol. The van der Waals surface area contributed by atoms with E-state index in [1.54, 1.807) is 18.3 Å². The van der Waals surface area contributed by atoms with E-state index >= 15 is 0 Å². The average molecular weight is 341 g/mol. The normalized spacial score (nSPS) is 15.5. The van der Waals surface area contributed by atoms with Crippen molar-refractivity contribution in [3.8, 4) is 5.75 Å². The molecule has 2 aromatic rings. The zero-order valence-corrected chi connectivity index (χ0v) is 14.8. The van der Waals surface area contributed by atoms with Gasteiger partial charge in [0.05, 0.1) is 13.2 Å². The lowest BCUT2D eigenvalue weighted by Gasteiger charge is -2.28. The van der Waals surface area contributed by atoms with Gasteiger partial charge in [-0.15, -0.1) is 10.2 Å². The maximum Gasteiger partial charge on any atom is 0.318 e. The Bertz CT molecular complexity index is 766. The highest BCUT2D eigenvalue weighted by Crippen LogP contribution is 2.24. The van der Waals surface area contributed by atoms with Crippen LogP contribution in [0.4, 0.5) is 4.79 Å². The lowest BCUT2D eigenvalue weighted by molar-refractivity contribution is 0.199. The predicted octanol–water partition coefficient (Wildman–Crippen LogP) is 2.38. The minimum Gasteiger partial charge on any atom is -0.497 e. The van der Waals surface area contributed by atoms with Crippen molar-refractivity contribution >= 4 is 11.6 Å². The summed E-state index contributed by atoms with van der Waals surface area (Å²) in [7, 11) is 3.52. The highest BCUT2D eigenvalue weighted by atomic mass is 16.5. The molecule has 3 rings (SSSR count). The van der Waals surface area contributed by atoms with Gasteiger partial charge in [-0.2, -0.15) is 0 Å². The van der Waals surface area contributed by atoms with E-state index in [2.05, 4.69) is 33.7 Å². The summed E-state index contributed by atoms with van der Waals surface area (Å²) in [5.74, 6) is 1.58. The van der Waals surface area contributed by atoms with Crippen molar-refractivity contribution in [1.82, 2.24) is 25.0 Å². The van der Waals surface area contributed by atoms with E-state index in [0.717, 1.165) is 18.0 Å². The van der Waals surface area contributed by atoms with Gasteiger partial charge in [-0.1, -0.05) is 18.2 Å².